The van der Waals surface area contributed by atoms with Gasteiger partial charge in [0.25, 0.3) is 5.91 Å². The first kappa shape index (κ1) is 20.3. The van der Waals surface area contributed by atoms with Gasteiger partial charge in [0.05, 0.1) is 28.9 Å². The van der Waals surface area contributed by atoms with E-state index < -0.39 is 0 Å². The van der Waals surface area contributed by atoms with Gasteiger partial charge in [-0.25, -0.2) is 9.78 Å². The van der Waals surface area contributed by atoms with Crippen molar-refractivity contribution in [2.45, 2.75) is 13.8 Å². The van der Waals surface area contributed by atoms with Crippen molar-refractivity contribution in [3.05, 3.63) is 95.6 Å². The van der Waals surface area contributed by atoms with Gasteiger partial charge in [0.15, 0.2) is 0 Å². The van der Waals surface area contributed by atoms with Crippen molar-refractivity contribution < 1.29 is 14.3 Å². The average molecular weight is 410 g/mol. The third kappa shape index (κ3) is 4.46. The Balaban J connectivity index is 1.68. The van der Waals surface area contributed by atoms with Gasteiger partial charge >= 0.3 is 5.97 Å². The zero-order chi connectivity index (χ0) is 21.8. The molecule has 0 aliphatic rings. The summed E-state index contributed by atoms with van der Waals surface area (Å²) in [6.45, 7) is 4.10. The molecule has 0 bridgehead atoms. The van der Waals surface area contributed by atoms with Crippen LogP contribution in [0.3, 0.4) is 0 Å². The monoisotopic (exact) mass is 410 g/mol. The molecule has 154 valence electrons. The van der Waals surface area contributed by atoms with E-state index in [1.54, 1.807) is 31.2 Å². The lowest BCUT2D eigenvalue weighted by Crippen LogP contribution is -2.13. The Morgan fingerprint density at radius 3 is 2.45 bits per heavy atom. The van der Waals surface area contributed by atoms with E-state index in [1.807, 2.05) is 61.5 Å². The van der Waals surface area contributed by atoms with Gasteiger partial charge in [0.2, 0.25) is 0 Å². The second-order valence-corrected chi connectivity index (χ2v) is 7.19. The minimum atomic E-state index is -0.386. The Morgan fingerprint density at radius 2 is 1.71 bits per heavy atom. The number of aryl methyl sites for hydroxylation is 1. The number of hydrogen-bond donors (Lipinski definition) is 1. The van der Waals surface area contributed by atoms with E-state index in [-0.39, 0.29) is 11.9 Å². The van der Waals surface area contributed by atoms with Crippen LogP contribution in [0.2, 0.25) is 0 Å². The maximum absolute atomic E-state index is 13.2. The summed E-state index contributed by atoms with van der Waals surface area (Å²) in [5.74, 6) is -0.625. The van der Waals surface area contributed by atoms with E-state index in [9.17, 15) is 9.59 Å². The quantitative estimate of drug-likeness (QED) is 0.432. The van der Waals surface area contributed by atoms with Gasteiger partial charge in [-0.1, -0.05) is 42.0 Å². The molecule has 0 fully saturated rings. The molecule has 0 aliphatic carbocycles. The van der Waals surface area contributed by atoms with Crippen LogP contribution in [0, 0.1) is 6.92 Å². The average Bonchev–Trinajstić information content (AvgIpc) is 2.79. The third-order valence-electron chi connectivity index (χ3n) is 4.93. The summed E-state index contributed by atoms with van der Waals surface area (Å²) in [5, 5.41) is 3.70. The molecule has 3 aromatic carbocycles. The number of rotatable bonds is 5. The van der Waals surface area contributed by atoms with Crippen LogP contribution < -0.4 is 5.32 Å². The Bertz CT molecular complexity index is 1260. The second kappa shape index (κ2) is 8.79. The molecule has 0 saturated heterocycles. The van der Waals surface area contributed by atoms with Crippen LogP contribution in [-0.2, 0) is 4.74 Å². The molecule has 0 saturated carbocycles. The highest BCUT2D eigenvalue weighted by Gasteiger charge is 2.15. The normalized spacial score (nSPS) is 10.6. The number of aromatic nitrogens is 1. The molecule has 31 heavy (non-hydrogen) atoms. The maximum atomic E-state index is 13.2. The lowest BCUT2D eigenvalue weighted by molar-refractivity contribution is 0.0526. The summed E-state index contributed by atoms with van der Waals surface area (Å²) in [6.07, 6.45) is 0. The van der Waals surface area contributed by atoms with Crippen molar-refractivity contribution in [3.63, 3.8) is 0 Å². The highest BCUT2D eigenvalue weighted by atomic mass is 16.5. The number of benzene rings is 3. The molecule has 0 spiro atoms. The molecule has 0 unspecified atom stereocenters. The molecule has 1 aromatic heterocycles. The fourth-order valence-corrected chi connectivity index (χ4v) is 3.42. The van der Waals surface area contributed by atoms with Gasteiger partial charge in [-0.3, -0.25) is 4.79 Å². The molecule has 4 aromatic rings. The Morgan fingerprint density at radius 1 is 0.935 bits per heavy atom. The number of esters is 1. The molecule has 5 nitrogen and oxygen atoms in total. The van der Waals surface area contributed by atoms with Crippen LogP contribution in [0.4, 0.5) is 5.69 Å². The third-order valence-corrected chi connectivity index (χ3v) is 4.93. The molecular weight excluding hydrogens is 388 g/mol. The highest BCUT2D eigenvalue weighted by Crippen LogP contribution is 2.26. The van der Waals surface area contributed by atoms with Gasteiger partial charge in [-0.15, -0.1) is 0 Å². The van der Waals surface area contributed by atoms with Gasteiger partial charge in [0, 0.05) is 16.6 Å². The zero-order valence-corrected chi connectivity index (χ0v) is 17.4. The SMILES string of the molecule is CCOC(=O)c1ccc(NC(=O)c2cc(-c3cccc(C)c3)nc3ccccc23)cc1. The lowest BCUT2D eigenvalue weighted by atomic mass is 10.0. The van der Waals surface area contributed by atoms with E-state index in [4.69, 9.17) is 9.72 Å². The fourth-order valence-electron chi connectivity index (χ4n) is 3.42. The summed E-state index contributed by atoms with van der Waals surface area (Å²) in [5.41, 5.74) is 5.15. The predicted molar refractivity (Wildman–Crippen MR) is 122 cm³/mol. The van der Waals surface area contributed by atoms with Crippen molar-refractivity contribution in [1.82, 2.24) is 4.98 Å². The number of nitrogens with one attached hydrogen (secondary N) is 1. The van der Waals surface area contributed by atoms with Crippen LogP contribution in [0.25, 0.3) is 22.2 Å². The van der Waals surface area contributed by atoms with Gasteiger partial charge in [-0.05, 0) is 56.3 Å². The summed E-state index contributed by atoms with van der Waals surface area (Å²) >= 11 is 0. The molecule has 0 radical (unpaired) electrons. The van der Waals surface area contributed by atoms with Crippen LogP contribution in [0.1, 0.15) is 33.2 Å². The molecule has 0 atom stereocenters. The van der Waals surface area contributed by atoms with Crippen molar-refractivity contribution in [2.24, 2.45) is 0 Å². The number of anilines is 1. The molecule has 1 N–H and O–H groups in total. The van der Waals surface area contributed by atoms with Crippen LogP contribution in [0.15, 0.2) is 78.9 Å². The first-order valence-corrected chi connectivity index (χ1v) is 10.1. The first-order chi connectivity index (χ1) is 15.0. The Labute approximate surface area is 180 Å². The van der Waals surface area contributed by atoms with E-state index in [0.29, 0.717) is 23.4 Å². The predicted octanol–water partition coefficient (Wildman–Crippen LogP) is 5.64. The number of pyridine rings is 1. The zero-order valence-electron chi connectivity index (χ0n) is 17.4. The summed E-state index contributed by atoms with van der Waals surface area (Å²) in [4.78, 5) is 29.7. The van der Waals surface area contributed by atoms with Gasteiger partial charge < -0.3 is 10.1 Å². The standard InChI is InChI=1S/C26H22N2O3/c1-3-31-26(30)18-11-13-20(14-12-18)27-25(29)22-16-24(19-8-6-7-17(2)15-19)28-23-10-5-4-9-21(22)23/h4-16H,3H2,1-2H3,(H,27,29). The Kier molecular flexibility index (Phi) is 5.76. The molecule has 5 heteroatoms. The largest absolute Gasteiger partial charge is 0.462 e. The number of fused-ring (bicyclic) bond motifs is 1. The minimum Gasteiger partial charge on any atom is -0.462 e. The molecule has 0 aliphatic heterocycles. The van der Waals surface area contributed by atoms with Crippen LogP contribution in [0.5, 0.6) is 0 Å². The van der Waals surface area contributed by atoms with Crippen LogP contribution >= 0.6 is 0 Å². The number of nitrogens with zero attached hydrogens (tertiary/aromatic N) is 1. The fraction of sp³-hybridized carbons (Fsp3) is 0.115. The van der Waals surface area contributed by atoms with Gasteiger partial charge in [-0.2, -0.15) is 0 Å². The number of carbonyl (C=O) groups excluding carboxylic acids is 2. The Hall–Kier alpha value is -3.99. The van der Waals surface area contributed by atoms with Crippen molar-refractivity contribution in [2.75, 3.05) is 11.9 Å². The molecule has 4 rings (SSSR count). The maximum Gasteiger partial charge on any atom is 0.338 e. The van der Waals surface area contributed by atoms with E-state index >= 15 is 0 Å². The smallest absolute Gasteiger partial charge is 0.338 e. The molecule has 1 amide bonds. The number of carbonyl (C=O) groups is 2. The minimum absolute atomic E-state index is 0.239. The molecular formula is C26H22N2O3. The number of ether oxygens (including phenoxy) is 1. The van der Waals surface area contributed by atoms with E-state index in [2.05, 4.69) is 5.32 Å². The van der Waals surface area contributed by atoms with Gasteiger partial charge in [0.1, 0.15) is 0 Å². The summed E-state index contributed by atoms with van der Waals surface area (Å²) in [6, 6.07) is 24.1. The van der Waals surface area contributed by atoms with E-state index in [1.165, 1.54) is 0 Å². The number of amides is 1. The lowest BCUT2D eigenvalue weighted by Gasteiger charge is -2.11. The highest BCUT2D eigenvalue weighted by molar-refractivity contribution is 6.13. The van der Waals surface area contributed by atoms with Crippen LogP contribution in [-0.4, -0.2) is 23.5 Å². The summed E-state index contributed by atoms with van der Waals surface area (Å²) < 4.78 is 5.00. The number of hydrogen-bond acceptors (Lipinski definition) is 4. The second-order valence-electron chi connectivity index (χ2n) is 7.19. The topological polar surface area (TPSA) is 68.3 Å². The van der Waals surface area contributed by atoms with Crippen molar-refractivity contribution in [1.29, 1.82) is 0 Å². The first-order valence-electron chi connectivity index (χ1n) is 10.1. The summed E-state index contributed by atoms with van der Waals surface area (Å²) in [7, 11) is 0. The molecule has 1 heterocycles. The van der Waals surface area contributed by atoms with Crippen molar-refractivity contribution in [3.8, 4) is 11.3 Å². The van der Waals surface area contributed by atoms with E-state index in [0.717, 1.165) is 27.7 Å². The number of para-hydroxylation sites is 1. The van der Waals surface area contributed by atoms with Crippen molar-refractivity contribution >= 4 is 28.5 Å².